The van der Waals surface area contributed by atoms with E-state index in [1.807, 2.05) is 0 Å². The first-order chi connectivity index (χ1) is 9.40. The molecule has 1 rings (SSSR count). The Kier molecular flexibility index (Phi) is 7.08. The van der Waals surface area contributed by atoms with Gasteiger partial charge < -0.3 is 16.2 Å². The summed E-state index contributed by atoms with van der Waals surface area (Å²) in [5, 5.41) is 11.8. The van der Waals surface area contributed by atoms with E-state index < -0.39 is 12.0 Å². The number of aliphatic carboxylic acids is 1. The minimum Gasteiger partial charge on any atom is -0.480 e. The number of anilines is 1. The van der Waals surface area contributed by atoms with Gasteiger partial charge in [-0.1, -0.05) is 23.2 Å². The lowest BCUT2D eigenvalue weighted by atomic mass is 10.2. The normalized spacial score (nSPS) is 11.9. The summed E-state index contributed by atoms with van der Waals surface area (Å²) < 4.78 is 0. The number of nitrogens with one attached hydrogen (secondary N) is 1. The fourth-order valence-corrected chi connectivity index (χ4v) is 2.42. The Labute approximate surface area is 130 Å². The zero-order valence-corrected chi connectivity index (χ0v) is 12.6. The molecule has 1 aromatic heterocycles. The number of nitrogens with two attached hydrogens (primary N) is 1. The van der Waals surface area contributed by atoms with Gasteiger partial charge in [-0.2, -0.15) is 11.8 Å². The molecule has 0 fully saturated rings. The molecule has 1 amide bonds. The first-order valence-electron chi connectivity index (χ1n) is 5.57. The number of pyridine rings is 1. The molecule has 110 valence electrons. The molecule has 1 unspecified atom stereocenters. The number of carbonyl (C=O) groups is 2. The monoisotopic (exact) mass is 337 g/mol. The molecular formula is C11H13Cl2N3O3S. The molecule has 0 aliphatic rings. The van der Waals surface area contributed by atoms with Crippen molar-refractivity contribution in [2.45, 2.75) is 12.5 Å². The molecule has 0 radical (unpaired) electrons. The van der Waals surface area contributed by atoms with Crippen molar-refractivity contribution in [2.24, 2.45) is 5.73 Å². The van der Waals surface area contributed by atoms with Gasteiger partial charge in [0.15, 0.2) is 5.82 Å². The quantitative estimate of drug-likeness (QED) is 0.656. The molecule has 4 N–H and O–H groups in total. The Bertz CT molecular complexity index is 502. The van der Waals surface area contributed by atoms with Crippen molar-refractivity contribution in [1.82, 2.24) is 4.98 Å². The van der Waals surface area contributed by atoms with Gasteiger partial charge >= 0.3 is 5.97 Å². The number of aromatic nitrogens is 1. The molecule has 0 bridgehead atoms. The van der Waals surface area contributed by atoms with Gasteiger partial charge in [0.25, 0.3) is 0 Å². The van der Waals surface area contributed by atoms with Crippen LogP contribution >= 0.6 is 35.0 Å². The van der Waals surface area contributed by atoms with Crippen LogP contribution in [0.2, 0.25) is 10.0 Å². The van der Waals surface area contributed by atoms with E-state index in [1.54, 1.807) is 0 Å². The highest BCUT2D eigenvalue weighted by atomic mass is 35.5. The fourth-order valence-electron chi connectivity index (χ4n) is 1.17. The predicted molar refractivity (Wildman–Crippen MR) is 80.4 cm³/mol. The third kappa shape index (κ3) is 5.96. The number of carboxylic acid groups (broad SMARTS) is 1. The number of rotatable bonds is 7. The third-order valence-electron chi connectivity index (χ3n) is 2.19. The van der Waals surface area contributed by atoms with E-state index in [0.29, 0.717) is 17.2 Å². The van der Waals surface area contributed by atoms with Crippen molar-refractivity contribution in [3.8, 4) is 0 Å². The van der Waals surface area contributed by atoms with Crippen LogP contribution in [0.25, 0.3) is 0 Å². The van der Waals surface area contributed by atoms with Gasteiger partial charge in [-0.3, -0.25) is 9.59 Å². The van der Waals surface area contributed by atoms with E-state index >= 15 is 0 Å². The molecule has 1 heterocycles. The fraction of sp³-hybridized carbons (Fsp3) is 0.364. The van der Waals surface area contributed by atoms with E-state index in [1.165, 1.54) is 24.0 Å². The Balaban J connectivity index is 2.32. The summed E-state index contributed by atoms with van der Waals surface area (Å²) >= 11 is 12.8. The first kappa shape index (κ1) is 17.0. The summed E-state index contributed by atoms with van der Waals surface area (Å²) in [5.41, 5.74) is 5.34. The average molecular weight is 338 g/mol. The molecule has 0 saturated heterocycles. The van der Waals surface area contributed by atoms with Crippen LogP contribution in [0.4, 0.5) is 5.82 Å². The van der Waals surface area contributed by atoms with Crippen molar-refractivity contribution in [2.75, 3.05) is 16.8 Å². The highest BCUT2D eigenvalue weighted by Gasteiger charge is 2.12. The second-order valence-corrected chi connectivity index (χ2v) is 5.77. The minimum absolute atomic E-state index is 0.160. The van der Waals surface area contributed by atoms with Crippen LogP contribution in [-0.4, -0.2) is 39.5 Å². The van der Waals surface area contributed by atoms with E-state index in [9.17, 15) is 9.59 Å². The maximum atomic E-state index is 11.6. The van der Waals surface area contributed by atoms with Gasteiger partial charge in [-0.05, 0) is 18.2 Å². The topological polar surface area (TPSA) is 105 Å². The summed E-state index contributed by atoms with van der Waals surface area (Å²) in [5.74, 6) is -0.456. The number of amides is 1. The van der Waals surface area contributed by atoms with Crippen LogP contribution < -0.4 is 11.1 Å². The van der Waals surface area contributed by atoms with Crippen LogP contribution in [0.1, 0.15) is 6.42 Å². The lowest BCUT2D eigenvalue weighted by Crippen LogP contribution is -2.30. The largest absolute Gasteiger partial charge is 0.480 e. The van der Waals surface area contributed by atoms with Gasteiger partial charge in [-0.25, -0.2) is 4.98 Å². The van der Waals surface area contributed by atoms with Crippen LogP contribution in [0.5, 0.6) is 0 Å². The van der Waals surface area contributed by atoms with Gasteiger partial charge in [0.05, 0.1) is 15.8 Å². The SMILES string of the molecule is NC(CCSCC(=O)Nc1ncc(Cl)cc1Cl)C(=O)O. The molecule has 0 aromatic carbocycles. The van der Waals surface area contributed by atoms with Crippen molar-refractivity contribution in [1.29, 1.82) is 0 Å². The smallest absolute Gasteiger partial charge is 0.320 e. The lowest BCUT2D eigenvalue weighted by Gasteiger charge is -2.07. The molecule has 0 spiro atoms. The summed E-state index contributed by atoms with van der Waals surface area (Å²) in [4.78, 5) is 26.0. The van der Waals surface area contributed by atoms with Crippen LogP contribution in [0.3, 0.4) is 0 Å². The molecule has 0 saturated carbocycles. The molecule has 20 heavy (non-hydrogen) atoms. The van der Waals surface area contributed by atoms with Gasteiger partial charge in [-0.15, -0.1) is 0 Å². The zero-order chi connectivity index (χ0) is 15.1. The van der Waals surface area contributed by atoms with Crippen molar-refractivity contribution < 1.29 is 14.7 Å². The second-order valence-electron chi connectivity index (χ2n) is 3.82. The molecule has 0 aliphatic carbocycles. The number of carboxylic acids is 1. The Morgan fingerprint density at radius 2 is 2.20 bits per heavy atom. The number of nitrogens with zero attached hydrogens (tertiary/aromatic N) is 1. The van der Waals surface area contributed by atoms with Gasteiger partial charge in [0.2, 0.25) is 5.91 Å². The average Bonchev–Trinajstić information content (AvgIpc) is 2.37. The number of hydrogen-bond donors (Lipinski definition) is 3. The first-order valence-corrected chi connectivity index (χ1v) is 7.48. The lowest BCUT2D eigenvalue weighted by molar-refractivity contribution is -0.138. The molecule has 1 atom stereocenters. The summed E-state index contributed by atoms with van der Waals surface area (Å²) in [6, 6.07) is 0.572. The van der Waals surface area contributed by atoms with Gasteiger partial charge in [0.1, 0.15) is 6.04 Å². The molecule has 6 nitrogen and oxygen atoms in total. The molecule has 1 aromatic rings. The summed E-state index contributed by atoms with van der Waals surface area (Å²) in [6.07, 6.45) is 1.68. The van der Waals surface area contributed by atoms with E-state index in [2.05, 4.69) is 10.3 Å². The molecule has 9 heteroatoms. The maximum Gasteiger partial charge on any atom is 0.320 e. The van der Waals surface area contributed by atoms with Crippen molar-refractivity contribution in [3.63, 3.8) is 0 Å². The Hall–Kier alpha value is -1.02. The second kappa shape index (κ2) is 8.31. The highest BCUT2D eigenvalue weighted by Crippen LogP contribution is 2.22. The summed E-state index contributed by atoms with van der Waals surface area (Å²) in [7, 11) is 0. The van der Waals surface area contributed by atoms with E-state index in [4.69, 9.17) is 34.0 Å². The number of hydrogen-bond acceptors (Lipinski definition) is 5. The number of thioether (sulfide) groups is 1. The van der Waals surface area contributed by atoms with E-state index in [-0.39, 0.29) is 22.5 Å². The maximum absolute atomic E-state index is 11.6. The van der Waals surface area contributed by atoms with Crippen LogP contribution in [0, 0.1) is 0 Å². The number of carbonyl (C=O) groups excluding carboxylic acids is 1. The Morgan fingerprint density at radius 1 is 1.50 bits per heavy atom. The van der Waals surface area contributed by atoms with Crippen LogP contribution in [-0.2, 0) is 9.59 Å². The van der Waals surface area contributed by atoms with Crippen LogP contribution in [0.15, 0.2) is 12.3 Å². The van der Waals surface area contributed by atoms with Gasteiger partial charge in [0, 0.05) is 6.20 Å². The highest BCUT2D eigenvalue weighted by molar-refractivity contribution is 7.99. The van der Waals surface area contributed by atoms with Crippen molar-refractivity contribution >= 4 is 52.7 Å². The third-order valence-corrected chi connectivity index (χ3v) is 3.67. The number of halogens is 2. The zero-order valence-electron chi connectivity index (χ0n) is 10.3. The Morgan fingerprint density at radius 3 is 2.80 bits per heavy atom. The minimum atomic E-state index is -1.05. The molecule has 0 aliphatic heterocycles. The standard InChI is InChI=1S/C11H13Cl2N3O3S/c12-6-3-7(13)10(15-4-6)16-9(17)5-20-2-1-8(14)11(18)19/h3-4,8H,1-2,5,14H2,(H,18,19)(H,15,16,17). The van der Waals surface area contributed by atoms with E-state index in [0.717, 1.165) is 0 Å². The molecular weight excluding hydrogens is 325 g/mol. The summed E-state index contributed by atoms with van der Waals surface area (Å²) in [6.45, 7) is 0. The van der Waals surface area contributed by atoms with Crippen molar-refractivity contribution in [3.05, 3.63) is 22.3 Å². The predicted octanol–water partition coefficient (Wildman–Crippen LogP) is 1.86.